The molecule has 0 bridgehead atoms. The summed E-state index contributed by atoms with van der Waals surface area (Å²) in [5.41, 5.74) is 4.41. The van der Waals surface area contributed by atoms with E-state index in [1.165, 1.54) is 18.9 Å². The van der Waals surface area contributed by atoms with Crippen LogP contribution in [0.25, 0.3) is 0 Å². The Morgan fingerprint density at radius 1 is 1.13 bits per heavy atom. The first-order valence-corrected chi connectivity index (χ1v) is 10.4. The summed E-state index contributed by atoms with van der Waals surface area (Å²) in [4.78, 5) is 38.4. The lowest BCUT2D eigenvalue weighted by atomic mass is 10.0. The smallest absolute Gasteiger partial charge is 0.271 e. The number of rotatable bonds is 2. The standard InChI is InChI=1S/C22H22N4O3S/c1-13-10-14(2)19-18(11-13)22(20(29)25(19)12-17-8-6-5-7-9-17)26(16(4)28)24-21(30-22)23-15(3)27/h5-11H,12H2,1-4H3,(H,23,24,27)/t22-/m0/s1. The van der Waals surface area contributed by atoms with Gasteiger partial charge in [0.1, 0.15) is 0 Å². The van der Waals surface area contributed by atoms with Crippen LogP contribution < -0.4 is 10.2 Å². The molecular weight excluding hydrogens is 400 g/mol. The van der Waals surface area contributed by atoms with Crippen molar-refractivity contribution in [3.63, 3.8) is 0 Å². The van der Waals surface area contributed by atoms with Gasteiger partial charge in [-0.05, 0) is 36.7 Å². The summed E-state index contributed by atoms with van der Waals surface area (Å²) >= 11 is 1.10. The number of carbonyl (C=O) groups excluding carboxylic acids is 3. The maximum absolute atomic E-state index is 13.9. The van der Waals surface area contributed by atoms with Gasteiger partial charge in [-0.3, -0.25) is 14.4 Å². The third kappa shape index (κ3) is 3.08. The molecule has 0 fully saturated rings. The number of amidine groups is 1. The third-order valence-corrected chi connectivity index (χ3v) is 6.35. The number of aryl methyl sites for hydroxylation is 2. The van der Waals surface area contributed by atoms with Crippen LogP contribution in [0.2, 0.25) is 0 Å². The van der Waals surface area contributed by atoms with E-state index in [0.29, 0.717) is 12.1 Å². The Morgan fingerprint density at radius 3 is 2.47 bits per heavy atom. The largest absolute Gasteiger partial charge is 0.304 e. The fraction of sp³-hybridized carbons (Fsp3) is 0.273. The number of hydrogen-bond acceptors (Lipinski definition) is 5. The molecule has 1 spiro atoms. The van der Waals surface area contributed by atoms with Crippen molar-refractivity contribution >= 4 is 40.3 Å². The highest BCUT2D eigenvalue weighted by Crippen LogP contribution is 2.55. The Labute approximate surface area is 179 Å². The molecule has 2 aromatic carbocycles. The molecule has 2 aliphatic heterocycles. The second-order valence-corrected chi connectivity index (χ2v) is 8.70. The van der Waals surface area contributed by atoms with Crippen LogP contribution in [0.15, 0.2) is 47.6 Å². The van der Waals surface area contributed by atoms with E-state index in [9.17, 15) is 14.4 Å². The summed E-state index contributed by atoms with van der Waals surface area (Å²) in [6.07, 6.45) is 0. The molecule has 0 aliphatic carbocycles. The quantitative estimate of drug-likeness (QED) is 0.807. The van der Waals surface area contributed by atoms with Crippen LogP contribution in [-0.4, -0.2) is 27.9 Å². The molecule has 3 amide bonds. The van der Waals surface area contributed by atoms with Gasteiger partial charge in [0, 0.05) is 19.4 Å². The number of amides is 3. The van der Waals surface area contributed by atoms with Crippen molar-refractivity contribution < 1.29 is 14.4 Å². The molecule has 1 atom stereocenters. The summed E-state index contributed by atoms with van der Waals surface area (Å²) in [5.74, 6) is -0.934. The second-order valence-electron chi connectivity index (χ2n) is 7.52. The number of benzene rings is 2. The van der Waals surface area contributed by atoms with Crippen LogP contribution in [0.4, 0.5) is 5.69 Å². The van der Waals surface area contributed by atoms with Gasteiger partial charge in [-0.25, -0.2) is 0 Å². The van der Waals surface area contributed by atoms with Crippen LogP contribution in [0.1, 0.15) is 36.1 Å². The Balaban J connectivity index is 1.88. The molecule has 2 heterocycles. The van der Waals surface area contributed by atoms with Gasteiger partial charge < -0.3 is 10.2 Å². The average molecular weight is 423 g/mol. The van der Waals surface area contributed by atoms with Gasteiger partial charge in [0.15, 0.2) is 5.17 Å². The van der Waals surface area contributed by atoms with Gasteiger partial charge in [-0.1, -0.05) is 48.0 Å². The highest BCUT2D eigenvalue weighted by atomic mass is 32.2. The number of anilines is 1. The molecule has 2 aromatic rings. The average Bonchev–Trinajstić information content (AvgIpc) is 3.15. The molecule has 8 heteroatoms. The first-order chi connectivity index (χ1) is 14.2. The molecule has 0 saturated carbocycles. The van der Waals surface area contributed by atoms with Crippen LogP contribution in [0.3, 0.4) is 0 Å². The van der Waals surface area contributed by atoms with Crippen LogP contribution in [0.5, 0.6) is 0 Å². The van der Waals surface area contributed by atoms with Crippen molar-refractivity contribution in [2.75, 3.05) is 4.90 Å². The number of nitrogens with zero attached hydrogens (tertiary/aromatic N) is 3. The first kappa shape index (κ1) is 20.2. The van der Waals surface area contributed by atoms with Gasteiger partial charge in [0.2, 0.25) is 16.7 Å². The van der Waals surface area contributed by atoms with Gasteiger partial charge in [0.05, 0.1) is 12.2 Å². The van der Waals surface area contributed by atoms with E-state index in [1.807, 2.05) is 56.3 Å². The zero-order chi connectivity index (χ0) is 21.6. The van der Waals surface area contributed by atoms with E-state index in [0.717, 1.165) is 34.1 Å². The lowest BCUT2D eigenvalue weighted by Gasteiger charge is -2.29. The summed E-state index contributed by atoms with van der Waals surface area (Å²) in [7, 11) is 0. The van der Waals surface area contributed by atoms with E-state index >= 15 is 0 Å². The summed E-state index contributed by atoms with van der Waals surface area (Å²) in [5, 5.41) is 8.37. The molecule has 0 radical (unpaired) electrons. The van der Waals surface area contributed by atoms with Gasteiger partial charge in [-0.15, -0.1) is 5.10 Å². The van der Waals surface area contributed by atoms with Crippen molar-refractivity contribution in [1.29, 1.82) is 0 Å². The Hall–Kier alpha value is -3.13. The molecule has 4 rings (SSSR count). The minimum atomic E-state index is -1.37. The van der Waals surface area contributed by atoms with E-state index in [2.05, 4.69) is 10.4 Å². The van der Waals surface area contributed by atoms with E-state index in [-0.39, 0.29) is 22.9 Å². The molecule has 0 unspecified atom stereocenters. The predicted octanol–water partition coefficient (Wildman–Crippen LogP) is 3.01. The van der Waals surface area contributed by atoms with Crippen molar-refractivity contribution in [2.24, 2.45) is 5.10 Å². The minimum absolute atomic E-state index is 0.234. The zero-order valence-corrected chi connectivity index (χ0v) is 18.0. The van der Waals surface area contributed by atoms with Crippen LogP contribution in [-0.2, 0) is 25.8 Å². The van der Waals surface area contributed by atoms with E-state index < -0.39 is 4.87 Å². The maximum atomic E-state index is 13.9. The molecule has 154 valence electrons. The highest BCUT2D eigenvalue weighted by Gasteiger charge is 2.61. The lowest BCUT2D eigenvalue weighted by Crippen LogP contribution is -2.48. The molecule has 1 N–H and O–H groups in total. The van der Waals surface area contributed by atoms with Crippen molar-refractivity contribution in [1.82, 2.24) is 10.3 Å². The van der Waals surface area contributed by atoms with Crippen LogP contribution >= 0.6 is 11.8 Å². The van der Waals surface area contributed by atoms with Crippen molar-refractivity contribution in [3.05, 3.63) is 64.7 Å². The molecule has 30 heavy (non-hydrogen) atoms. The summed E-state index contributed by atoms with van der Waals surface area (Å²) in [6, 6.07) is 13.7. The summed E-state index contributed by atoms with van der Waals surface area (Å²) < 4.78 is 0. The SMILES string of the molecule is CC(=O)NC1=NN(C(C)=O)[C@@]2(S1)C(=O)N(Cc1ccccc1)c1c(C)cc(C)cc12. The fourth-order valence-corrected chi connectivity index (χ4v) is 5.37. The Bertz CT molecular complexity index is 1100. The zero-order valence-electron chi connectivity index (χ0n) is 17.2. The van der Waals surface area contributed by atoms with Gasteiger partial charge >= 0.3 is 0 Å². The monoisotopic (exact) mass is 422 g/mol. The molecule has 2 aliphatic rings. The topological polar surface area (TPSA) is 82.1 Å². The number of hydrogen-bond donors (Lipinski definition) is 1. The summed E-state index contributed by atoms with van der Waals surface area (Å²) in [6.45, 7) is 7.03. The van der Waals surface area contributed by atoms with Gasteiger partial charge in [-0.2, -0.15) is 5.01 Å². The van der Waals surface area contributed by atoms with E-state index in [4.69, 9.17) is 0 Å². The number of nitrogens with one attached hydrogen (secondary N) is 1. The number of carbonyl (C=O) groups is 3. The first-order valence-electron chi connectivity index (χ1n) is 9.57. The fourth-order valence-electron chi connectivity index (χ4n) is 4.05. The van der Waals surface area contributed by atoms with Crippen molar-refractivity contribution in [2.45, 2.75) is 39.1 Å². The third-order valence-electron chi connectivity index (χ3n) is 5.11. The predicted molar refractivity (Wildman–Crippen MR) is 117 cm³/mol. The highest BCUT2D eigenvalue weighted by molar-refractivity contribution is 8.15. The Morgan fingerprint density at radius 2 is 1.83 bits per heavy atom. The maximum Gasteiger partial charge on any atom is 0.271 e. The normalized spacial score (nSPS) is 19.9. The molecular formula is C22H22N4O3S. The number of fused-ring (bicyclic) bond motifs is 2. The molecule has 0 aromatic heterocycles. The Kier molecular flexibility index (Phi) is 4.89. The molecule has 0 saturated heterocycles. The number of thioether (sulfide) groups is 1. The second kappa shape index (κ2) is 7.28. The van der Waals surface area contributed by atoms with Gasteiger partial charge in [0.25, 0.3) is 5.91 Å². The van der Waals surface area contributed by atoms with Crippen LogP contribution in [0, 0.1) is 13.8 Å². The number of hydrazone groups is 1. The lowest BCUT2D eigenvalue weighted by molar-refractivity contribution is -0.139. The molecule has 7 nitrogen and oxygen atoms in total. The minimum Gasteiger partial charge on any atom is -0.304 e. The van der Waals surface area contributed by atoms with E-state index in [1.54, 1.807) is 4.90 Å². The van der Waals surface area contributed by atoms with Crippen molar-refractivity contribution in [3.8, 4) is 0 Å².